The molecule has 3 aromatic heterocycles. The van der Waals surface area contributed by atoms with E-state index in [1.54, 1.807) is 30.4 Å². The third-order valence-corrected chi connectivity index (χ3v) is 6.39. The zero-order valence-electron chi connectivity index (χ0n) is 20.0. The van der Waals surface area contributed by atoms with Gasteiger partial charge in [-0.15, -0.1) is 21.5 Å². The summed E-state index contributed by atoms with van der Waals surface area (Å²) in [6.45, 7) is 8.84. The molecule has 0 fully saturated rings. The number of aromatic nitrogens is 5. The van der Waals surface area contributed by atoms with Gasteiger partial charge in [-0.25, -0.2) is 9.78 Å². The molecule has 8 nitrogen and oxygen atoms in total. The average Bonchev–Trinajstić information content (AvgIpc) is 3.57. The van der Waals surface area contributed by atoms with Crippen LogP contribution in [0.3, 0.4) is 0 Å². The molecule has 9 heteroatoms. The Kier molecular flexibility index (Phi) is 5.94. The highest BCUT2D eigenvalue weighted by Gasteiger charge is 2.20. The van der Waals surface area contributed by atoms with Gasteiger partial charge >= 0.3 is 5.97 Å². The number of furan rings is 1. The van der Waals surface area contributed by atoms with Gasteiger partial charge in [0.1, 0.15) is 5.58 Å². The molecule has 35 heavy (non-hydrogen) atoms. The van der Waals surface area contributed by atoms with Crippen molar-refractivity contribution in [1.29, 1.82) is 0 Å². The van der Waals surface area contributed by atoms with Crippen molar-refractivity contribution in [2.45, 2.75) is 39.7 Å². The standard InChI is InChI=1S/C26H25N5O3S/c1-5-33-25(32)19-9-7-6-8-17(19)14-31-29-23(28-30-31)16-10-11-20-18(12-16)13-21(34-20)24-27-22(15-35-24)26(2,3)4/h6-13,15H,5,14H2,1-4H3. The van der Waals surface area contributed by atoms with Crippen LogP contribution in [0, 0.1) is 0 Å². The van der Waals surface area contributed by atoms with Crippen molar-refractivity contribution in [2.75, 3.05) is 6.61 Å². The molecule has 0 N–H and O–H groups in total. The molecule has 5 aromatic rings. The minimum Gasteiger partial charge on any atom is -0.462 e. The number of hydrogen-bond donors (Lipinski definition) is 0. The number of esters is 1. The third-order valence-electron chi connectivity index (χ3n) is 5.54. The number of nitrogens with zero attached hydrogens (tertiary/aromatic N) is 5. The van der Waals surface area contributed by atoms with Crippen LogP contribution in [0.2, 0.25) is 0 Å². The van der Waals surface area contributed by atoms with Crippen molar-refractivity contribution < 1.29 is 13.9 Å². The summed E-state index contributed by atoms with van der Waals surface area (Å²) in [5.74, 6) is 0.872. The largest absolute Gasteiger partial charge is 0.462 e. The van der Waals surface area contributed by atoms with E-state index < -0.39 is 0 Å². The van der Waals surface area contributed by atoms with Crippen LogP contribution in [0.5, 0.6) is 0 Å². The first-order chi connectivity index (χ1) is 16.8. The van der Waals surface area contributed by atoms with E-state index in [0.717, 1.165) is 38.6 Å². The van der Waals surface area contributed by atoms with Crippen LogP contribution in [0.4, 0.5) is 0 Å². The van der Waals surface area contributed by atoms with Gasteiger partial charge in [0.2, 0.25) is 5.82 Å². The van der Waals surface area contributed by atoms with Gasteiger partial charge in [0, 0.05) is 21.7 Å². The van der Waals surface area contributed by atoms with Crippen LogP contribution in [-0.4, -0.2) is 37.8 Å². The van der Waals surface area contributed by atoms with E-state index in [1.807, 2.05) is 36.4 Å². The summed E-state index contributed by atoms with van der Waals surface area (Å²) in [7, 11) is 0. The van der Waals surface area contributed by atoms with Crippen LogP contribution in [0.25, 0.3) is 33.1 Å². The Hall–Kier alpha value is -3.85. The molecule has 0 amide bonds. The lowest BCUT2D eigenvalue weighted by Gasteiger charge is -2.13. The normalized spacial score (nSPS) is 11.8. The minimum absolute atomic E-state index is 0.0116. The van der Waals surface area contributed by atoms with Crippen LogP contribution in [-0.2, 0) is 16.7 Å². The van der Waals surface area contributed by atoms with E-state index in [2.05, 4.69) is 41.6 Å². The lowest BCUT2D eigenvalue weighted by Crippen LogP contribution is -2.12. The average molecular weight is 488 g/mol. The van der Waals surface area contributed by atoms with Gasteiger partial charge in [-0.2, -0.15) is 4.80 Å². The fourth-order valence-corrected chi connectivity index (χ4v) is 4.66. The number of ether oxygens (including phenoxy) is 1. The molecule has 5 rings (SSSR count). The summed E-state index contributed by atoms with van der Waals surface area (Å²) >= 11 is 1.58. The number of benzene rings is 2. The van der Waals surface area contributed by atoms with Gasteiger partial charge in [-0.1, -0.05) is 39.0 Å². The molecule has 0 bridgehead atoms. The van der Waals surface area contributed by atoms with Crippen LogP contribution < -0.4 is 0 Å². The van der Waals surface area contributed by atoms with Crippen molar-refractivity contribution in [1.82, 2.24) is 25.2 Å². The molecular formula is C26H25N5O3S. The molecule has 0 atom stereocenters. The Morgan fingerprint density at radius 1 is 1.14 bits per heavy atom. The van der Waals surface area contributed by atoms with Crippen LogP contribution >= 0.6 is 11.3 Å². The molecule has 0 aliphatic carbocycles. The van der Waals surface area contributed by atoms with Crippen molar-refractivity contribution in [3.63, 3.8) is 0 Å². The number of carbonyl (C=O) groups excluding carboxylic acids is 1. The summed E-state index contributed by atoms with van der Waals surface area (Å²) in [5.41, 5.74) is 3.89. The van der Waals surface area contributed by atoms with Gasteiger partial charge < -0.3 is 9.15 Å². The number of tetrazole rings is 1. The Morgan fingerprint density at radius 2 is 1.97 bits per heavy atom. The maximum absolute atomic E-state index is 12.3. The van der Waals surface area contributed by atoms with E-state index in [0.29, 0.717) is 24.5 Å². The molecule has 3 heterocycles. The van der Waals surface area contributed by atoms with Gasteiger partial charge in [-0.05, 0) is 48.0 Å². The molecule has 0 saturated carbocycles. The SMILES string of the molecule is CCOC(=O)c1ccccc1Cn1nnc(-c2ccc3oc(-c4nc(C(C)(C)C)cs4)cc3c2)n1. The maximum Gasteiger partial charge on any atom is 0.338 e. The fourth-order valence-electron chi connectivity index (χ4n) is 3.66. The van der Waals surface area contributed by atoms with Crippen LogP contribution in [0.1, 0.15) is 49.3 Å². The predicted octanol–water partition coefficient (Wildman–Crippen LogP) is 5.73. The van der Waals surface area contributed by atoms with Gasteiger partial charge in [-0.3, -0.25) is 0 Å². The van der Waals surface area contributed by atoms with Crippen molar-refractivity contribution in [2.24, 2.45) is 0 Å². The summed E-state index contributed by atoms with van der Waals surface area (Å²) in [6.07, 6.45) is 0. The lowest BCUT2D eigenvalue weighted by molar-refractivity contribution is 0.0525. The second-order valence-electron chi connectivity index (χ2n) is 9.17. The van der Waals surface area contributed by atoms with E-state index >= 15 is 0 Å². The Balaban J connectivity index is 1.39. The number of carbonyl (C=O) groups is 1. The molecule has 0 saturated heterocycles. The first-order valence-electron chi connectivity index (χ1n) is 11.3. The number of thiazole rings is 1. The molecule has 178 valence electrons. The molecule has 0 radical (unpaired) electrons. The van der Waals surface area contributed by atoms with Gasteiger partial charge in [0.25, 0.3) is 0 Å². The highest BCUT2D eigenvalue weighted by atomic mass is 32.1. The highest BCUT2D eigenvalue weighted by molar-refractivity contribution is 7.13. The van der Waals surface area contributed by atoms with E-state index in [9.17, 15) is 4.79 Å². The second kappa shape index (κ2) is 9.07. The third kappa shape index (κ3) is 4.72. The number of fused-ring (bicyclic) bond motifs is 1. The van der Waals surface area contributed by atoms with E-state index in [4.69, 9.17) is 14.1 Å². The minimum atomic E-state index is -0.362. The first-order valence-corrected chi connectivity index (χ1v) is 12.2. The second-order valence-corrected chi connectivity index (χ2v) is 10.0. The monoisotopic (exact) mass is 487 g/mol. The zero-order chi connectivity index (χ0) is 24.6. The van der Waals surface area contributed by atoms with Gasteiger partial charge in [0.05, 0.1) is 24.4 Å². The Bertz CT molecular complexity index is 1510. The zero-order valence-corrected chi connectivity index (χ0v) is 20.8. The first kappa shape index (κ1) is 22.9. The quantitative estimate of drug-likeness (QED) is 0.282. The Labute approximate surface area is 206 Å². The Morgan fingerprint density at radius 3 is 2.74 bits per heavy atom. The molecule has 0 aliphatic heterocycles. The summed E-state index contributed by atoms with van der Waals surface area (Å²) in [4.78, 5) is 18.5. The van der Waals surface area contributed by atoms with E-state index in [-0.39, 0.29) is 11.4 Å². The highest BCUT2D eigenvalue weighted by Crippen LogP contribution is 2.34. The molecule has 0 spiro atoms. The summed E-state index contributed by atoms with van der Waals surface area (Å²) in [6, 6.07) is 15.1. The topological polar surface area (TPSA) is 95.9 Å². The molecular weight excluding hydrogens is 462 g/mol. The molecule has 0 unspecified atom stereocenters. The van der Waals surface area contributed by atoms with Crippen molar-refractivity contribution in [3.8, 4) is 22.2 Å². The van der Waals surface area contributed by atoms with Crippen molar-refractivity contribution in [3.05, 3.63) is 70.7 Å². The molecule has 0 aliphatic rings. The van der Waals surface area contributed by atoms with Crippen LogP contribution in [0.15, 0.2) is 58.3 Å². The smallest absolute Gasteiger partial charge is 0.338 e. The summed E-state index contributed by atoms with van der Waals surface area (Å²) < 4.78 is 11.2. The molecule has 2 aromatic carbocycles. The summed E-state index contributed by atoms with van der Waals surface area (Å²) in [5, 5.41) is 16.8. The van der Waals surface area contributed by atoms with Gasteiger partial charge in [0.15, 0.2) is 10.8 Å². The maximum atomic E-state index is 12.3. The number of rotatable bonds is 6. The number of hydrogen-bond acceptors (Lipinski definition) is 8. The van der Waals surface area contributed by atoms with Crippen molar-refractivity contribution >= 4 is 28.3 Å². The fraction of sp³-hybridized carbons (Fsp3) is 0.269. The predicted molar refractivity (Wildman–Crippen MR) is 134 cm³/mol. The lowest BCUT2D eigenvalue weighted by atomic mass is 9.93. The van der Waals surface area contributed by atoms with E-state index in [1.165, 1.54) is 4.80 Å².